The predicted molar refractivity (Wildman–Crippen MR) is 77.9 cm³/mol. The molecule has 1 fully saturated rings. The molecule has 0 spiro atoms. The van der Waals surface area contributed by atoms with E-state index in [1.807, 2.05) is 18.2 Å². The normalized spacial score (nSPS) is 16.5. The number of ether oxygens (including phenoxy) is 1. The molecule has 98 valence electrons. The zero-order valence-corrected chi connectivity index (χ0v) is 12.4. The third-order valence-corrected chi connectivity index (χ3v) is 3.73. The summed E-state index contributed by atoms with van der Waals surface area (Å²) in [4.78, 5) is 13.3. The first kappa shape index (κ1) is 13.8. The van der Waals surface area contributed by atoms with Gasteiger partial charge in [0.05, 0.1) is 18.7 Å². The van der Waals surface area contributed by atoms with Crippen molar-refractivity contribution in [2.45, 2.75) is 0 Å². The SMILES string of the molecule is O=C(OCC[NH+]1CCNCC1)c1cccc(I)c1. The van der Waals surface area contributed by atoms with Crippen LogP contribution in [0.25, 0.3) is 0 Å². The van der Waals surface area contributed by atoms with E-state index in [2.05, 4.69) is 27.9 Å². The van der Waals surface area contributed by atoms with Crippen LogP contribution < -0.4 is 10.2 Å². The molecule has 18 heavy (non-hydrogen) atoms. The summed E-state index contributed by atoms with van der Waals surface area (Å²) in [6, 6.07) is 7.48. The minimum Gasteiger partial charge on any atom is -0.456 e. The van der Waals surface area contributed by atoms with Crippen molar-refractivity contribution in [3.63, 3.8) is 0 Å². The Morgan fingerprint density at radius 3 is 2.89 bits per heavy atom. The maximum Gasteiger partial charge on any atom is 0.338 e. The highest BCUT2D eigenvalue weighted by Gasteiger charge is 2.14. The third kappa shape index (κ3) is 4.22. The van der Waals surface area contributed by atoms with E-state index in [-0.39, 0.29) is 5.97 Å². The van der Waals surface area contributed by atoms with Crippen LogP contribution in [0.2, 0.25) is 0 Å². The fourth-order valence-electron chi connectivity index (χ4n) is 2.02. The first-order valence-electron chi connectivity index (χ1n) is 6.23. The van der Waals surface area contributed by atoms with Crippen molar-refractivity contribution in [2.24, 2.45) is 0 Å². The van der Waals surface area contributed by atoms with E-state index in [9.17, 15) is 4.79 Å². The van der Waals surface area contributed by atoms with Gasteiger partial charge in [0.1, 0.15) is 13.2 Å². The van der Waals surface area contributed by atoms with Crippen molar-refractivity contribution >= 4 is 28.6 Å². The van der Waals surface area contributed by atoms with E-state index in [0.717, 1.165) is 36.3 Å². The van der Waals surface area contributed by atoms with Gasteiger partial charge in [-0.15, -0.1) is 0 Å². The fraction of sp³-hybridized carbons (Fsp3) is 0.462. The topological polar surface area (TPSA) is 42.8 Å². The summed E-state index contributed by atoms with van der Waals surface area (Å²) in [5.74, 6) is -0.219. The Balaban J connectivity index is 1.74. The van der Waals surface area contributed by atoms with Gasteiger partial charge < -0.3 is 15.0 Å². The molecule has 0 bridgehead atoms. The Bertz CT molecular complexity index is 406. The number of carbonyl (C=O) groups is 1. The summed E-state index contributed by atoms with van der Waals surface area (Å²) in [5.41, 5.74) is 0.636. The van der Waals surface area contributed by atoms with E-state index >= 15 is 0 Å². The van der Waals surface area contributed by atoms with E-state index in [1.54, 1.807) is 6.07 Å². The third-order valence-electron chi connectivity index (χ3n) is 3.06. The van der Waals surface area contributed by atoms with E-state index in [0.29, 0.717) is 12.2 Å². The van der Waals surface area contributed by atoms with E-state index in [1.165, 1.54) is 4.90 Å². The molecule has 1 aromatic carbocycles. The van der Waals surface area contributed by atoms with Crippen LogP contribution in [0.4, 0.5) is 0 Å². The molecule has 1 saturated heterocycles. The van der Waals surface area contributed by atoms with Gasteiger partial charge in [-0.3, -0.25) is 0 Å². The quantitative estimate of drug-likeness (QED) is 0.583. The zero-order valence-electron chi connectivity index (χ0n) is 10.2. The van der Waals surface area contributed by atoms with Crippen LogP contribution >= 0.6 is 22.6 Å². The Labute approximate surface area is 121 Å². The Hall–Kier alpha value is -0.660. The molecule has 0 atom stereocenters. The number of rotatable bonds is 4. The average molecular weight is 361 g/mol. The molecule has 0 aromatic heterocycles. The van der Waals surface area contributed by atoms with Crippen LogP contribution in [0.5, 0.6) is 0 Å². The summed E-state index contributed by atoms with van der Waals surface area (Å²) in [6.07, 6.45) is 0. The first-order valence-corrected chi connectivity index (χ1v) is 7.30. The molecule has 2 N–H and O–H groups in total. The second kappa shape index (κ2) is 7.06. The molecule has 1 aromatic rings. The molecule has 1 heterocycles. The molecule has 1 aliphatic heterocycles. The molecule has 0 saturated carbocycles. The number of hydrogen-bond donors (Lipinski definition) is 2. The molecular weight excluding hydrogens is 343 g/mol. The van der Waals surface area contributed by atoms with Gasteiger partial charge in [-0.1, -0.05) is 6.07 Å². The van der Waals surface area contributed by atoms with Crippen molar-refractivity contribution in [3.8, 4) is 0 Å². The number of piperazine rings is 1. The molecule has 2 rings (SSSR count). The Morgan fingerprint density at radius 2 is 2.17 bits per heavy atom. The molecule has 0 aliphatic carbocycles. The van der Waals surface area contributed by atoms with Crippen molar-refractivity contribution in [1.29, 1.82) is 0 Å². The van der Waals surface area contributed by atoms with Gasteiger partial charge in [-0.2, -0.15) is 0 Å². The van der Waals surface area contributed by atoms with Crippen LogP contribution in [-0.2, 0) is 4.74 Å². The number of carbonyl (C=O) groups excluding carboxylic acids is 1. The lowest BCUT2D eigenvalue weighted by Gasteiger charge is -2.23. The standard InChI is InChI=1S/C13H17IN2O2/c14-12-3-1-2-11(10-12)13(17)18-9-8-16-6-4-15-5-7-16/h1-3,10,15H,4-9H2/p+1. The van der Waals surface area contributed by atoms with Crippen LogP contribution in [0, 0.1) is 3.57 Å². The van der Waals surface area contributed by atoms with Gasteiger partial charge in [-0.25, -0.2) is 4.79 Å². The van der Waals surface area contributed by atoms with Gasteiger partial charge in [0.25, 0.3) is 0 Å². The molecule has 5 heteroatoms. The molecular formula is C13H18IN2O2+. The molecule has 4 nitrogen and oxygen atoms in total. The molecule has 0 unspecified atom stereocenters. The van der Waals surface area contributed by atoms with Gasteiger partial charge in [0.15, 0.2) is 0 Å². The largest absolute Gasteiger partial charge is 0.456 e. The Morgan fingerprint density at radius 1 is 1.39 bits per heavy atom. The van der Waals surface area contributed by atoms with E-state index < -0.39 is 0 Å². The number of nitrogens with one attached hydrogen (secondary N) is 2. The second-order valence-electron chi connectivity index (χ2n) is 4.40. The maximum atomic E-state index is 11.8. The molecule has 0 radical (unpaired) electrons. The predicted octanol–water partition coefficient (Wildman–Crippen LogP) is -0.0639. The summed E-state index contributed by atoms with van der Waals surface area (Å²) in [5, 5.41) is 3.32. The summed E-state index contributed by atoms with van der Waals surface area (Å²) < 4.78 is 6.35. The van der Waals surface area contributed by atoms with Crippen LogP contribution in [0.15, 0.2) is 24.3 Å². The number of halogens is 1. The highest BCUT2D eigenvalue weighted by atomic mass is 127. The average Bonchev–Trinajstić information content (AvgIpc) is 2.40. The van der Waals surface area contributed by atoms with Crippen molar-refractivity contribution < 1.29 is 14.4 Å². The lowest BCUT2D eigenvalue weighted by molar-refractivity contribution is -0.901. The lowest BCUT2D eigenvalue weighted by Crippen LogP contribution is -3.15. The number of hydrogen-bond acceptors (Lipinski definition) is 3. The highest BCUT2D eigenvalue weighted by molar-refractivity contribution is 14.1. The highest BCUT2D eigenvalue weighted by Crippen LogP contribution is 2.08. The van der Waals surface area contributed by atoms with Crippen LogP contribution in [0.1, 0.15) is 10.4 Å². The number of benzene rings is 1. The monoisotopic (exact) mass is 361 g/mol. The molecule has 1 aliphatic rings. The summed E-state index contributed by atoms with van der Waals surface area (Å²) in [7, 11) is 0. The van der Waals surface area contributed by atoms with Crippen LogP contribution in [-0.4, -0.2) is 45.3 Å². The minimum atomic E-state index is -0.219. The summed E-state index contributed by atoms with van der Waals surface area (Å²) in [6.45, 7) is 5.73. The van der Waals surface area contributed by atoms with Crippen molar-refractivity contribution in [3.05, 3.63) is 33.4 Å². The molecule has 0 amide bonds. The summed E-state index contributed by atoms with van der Waals surface area (Å²) >= 11 is 2.19. The van der Waals surface area contributed by atoms with Gasteiger partial charge >= 0.3 is 5.97 Å². The lowest BCUT2D eigenvalue weighted by atomic mass is 10.2. The second-order valence-corrected chi connectivity index (χ2v) is 5.64. The van der Waals surface area contributed by atoms with Crippen molar-refractivity contribution in [2.75, 3.05) is 39.3 Å². The van der Waals surface area contributed by atoms with Gasteiger partial charge in [0, 0.05) is 16.7 Å². The van der Waals surface area contributed by atoms with E-state index in [4.69, 9.17) is 4.74 Å². The van der Waals surface area contributed by atoms with Crippen LogP contribution in [0.3, 0.4) is 0 Å². The van der Waals surface area contributed by atoms with Gasteiger partial charge in [-0.05, 0) is 40.8 Å². The number of esters is 1. The zero-order chi connectivity index (χ0) is 12.8. The number of quaternary nitrogens is 1. The first-order chi connectivity index (χ1) is 8.75. The maximum absolute atomic E-state index is 11.8. The smallest absolute Gasteiger partial charge is 0.338 e. The minimum absolute atomic E-state index is 0.219. The fourth-order valence-corrected chi connectivity index (χ4v) is 2.56. The Kier molecular flexibility index (Phi) is 5.40. The van der Waals surface area contributed by atoms with Gasteiger partial charge in [0.2, 0.25) is 0 Å². The van der Waals surface area contributed by atoms with Crippen molar-refractivity contribution in [1.82, 2.24) is 5.32 Å².